The van der Waals surface area contributed by atoms with Crippen LogP contribution in [0.2, 0.25) is 0 Å². The van der Waals surface area contributed by atoms with E-state index in [1.165, 1.54) is 11.6 Å². The van der Waals surface area contributed by atoms with E-state index in [9.17, 15) is 4.79 Å². The average Bonchev–Trinajstić information content (AvgIpc) is 3.01. The van der Waals surface area contributed by atoms with Crippen molar-refractivity contribution in [1.82, 2.24) is 15.5 Å². The van der Waals surface area contributed by atoms with Gasteiger partial charge in [-0.2, -0.15) is 0 Å². The van der Waals surface area contributed by atoms with Crippen LogP contribution < -0.4 is 5.32 Å². The Bertz CT molecular complexity index is 1080. The van der Waals surface area contributed by atoms with Gasteiger partial charge in [0.05, 0.1) is 22.7 Å². The van der Waals surface area contributed by atoms with Gasteiger partial charge in [-0.15, -0.1) is 0 Å². The Morgan fingerprint density at radius 1 is 1.12 bits per heavy atom. The van der Waals surface area contributed by atoms with Gasteiger partial charge < -0.3 is 9.84 Å². The van der Waals surface area contributed by atoms with Crippen LogP contribution in [0, 0.1) is 6.92 Å². The maximum absolute atomic E-state index is 12.6. The number of hydrogen-bond donors (Lipinski definition) is 1. The molecule has 2 aromatic heterocycles. The summed E-state index contributed by atoms with van der Waals surface area (Å²) in [5.74, 6) is -0.171. The number of carbonyl (C=O) groups is 1. The average molecular weight is 331 g/mol. The molecule has 0 spiro atoms. The van der Waals surface area contributed by atoms with Crippen LogP contribution in [-0.2, 0) is 0 Å². The van der Waals surface area contributed by atoms with E-state index < -0.39 is 0 Å². The number of amides is 1. The minimum absolute atomic E-state index is 0.114. The molecule has 0 unspecified atom stereocenters. The summed E-state index contributed by atoms with van der Waals surface area (Å²) >= 11 is 0. The highest BCUT2D eigenvalue weighted by molar-refractivity contribution is 5.97. The van der Waals surface area contributed by atoms with E-state index in [1.54, 1.807) is 6.07 Å². The molecule has 1 atom stereocenters. The second-order valence-corrected chi connectivity index (χ2v) is 6.15. The minimum atomic E-state index is -0.171. The molecule has 0 saturated heterocycles. The molecule has 0 aliphatic rings. The lowest BCUT2D eigenvalue weighted by atomic mass is 10.0. The molecule has 5 nitrogen and oxygen atoms in total. The van der Waals surface area contributed by atoms with Gasteiger partial charge in [0.15, 0.2) is 0 Å². The lowest BCUT2D eigenvalue weighted by molar-refractivity contribution is 0.0939. The van der Waals surface area contributed by atoms with Crippen molar-refractivity contribution in [3.05, 3.63) is 71.5 Å². The largest absolute Gasteiger partial charge is 0.345 e. The van der Waals surface area contributed by atoms with Gasteiger partial charge in [0, 0.05) is 6.20 Å². The van der Waals surface area contributed by atoms with Crippen molar-refractivity contribution in [2.75, 3.05) is 0 Å². The molecule has 0 saturated carbocycles. The third-order valence-corrected chi connectivity index (χ3v) is 4.39. The van der Waals surface area contributed by atoms with Gasteiger partial charge in [-0.3, -0.25) is 4.79 Å². The minimum Gasteiger partial charge on any atom is -0.345 e. The van der Waals surface area contributed by atoms with E-state index in [-0.39, 0.29) is 11.9 Å². The first-order valence-electron chi connectivity index (χ1n) is 8.13. The second-order valence-electron chi connectivity index (χ2n) is 6.15. The van der Waals surface area contributed by atoms with Gasteiger partial charge in [0.1, 0.15) is 0 Å². The van der Waals surface area contributed by atoms with Crippen molar-refractivity contribution in [2.45, 2.75) is 19.9 Å². The maximum atomic E-state index is 12.6. The van der Waals surface area contributed by atoms with Crippen molar-refractivity contribution in [3.63, 3.8) is 0 Å². The van der Waals surface area contributed by atoms with Gasteiger partial charge in [-0.25, -0.2) is 4.98 Å². The molecule has 0 bridgehead atoms. The van der Waals surface area contributed by atoms with Gasteiger partial charge in [-0.05, 0) is 42.3 Å². The molecular weight excluding hydrogens is 314 g/mol. The predicted molar refractivity (Wildman–Crippen MR) is 96.4 cm³/mol. The summed E-state index contributed by atoms with van der Waals surface area (Å²) in [5.41, 5.74) is 2.71. The van der Waals surface area contributed by atoms with Crippen molar-refractivity contribution >= 4 is 27.8 Å². The summed E-state index contributed by atoms with van der Waals surface area (Å²) < 4.78 is 5.08. The third kappa shape index (κ3) is 2.85. The quantitative estimate of drug-likeness (QED) is 0.611. The first-order chi connectivity index (χ1) is 12.1. The number of pyridine rings is 1. The molecule has 1 amide bonds. The zero-order valence-corrected chi connectivity index (χ0v) is 14.0. The standard InChI is InChI=1S/C20H17N3O2/c1-12(15-8-7-14-5-3-4-6-16(14)9-15)22-19(24)17-10-18-13(2)23-25-20(18)21-11-17/h3-12H,1-2H3,(H,22,24)/t12-/m1/s1. The van der Waals surface area contributed by atoms with Crippen molar-refractivity contribution < 1.29 is 9.32 Å². The van der Waals surface area contributed by atoms with Crippen LogP contribution in [0.1, 0.15) is 34.6 Å². The highest BCUT2D eigenvalue weighted by Gasteiger charge is 2.15. The molecule has 4 aromatic rings. The topological polar surface area (TPSA) is 68.0 Å². The molecule has 0 radical (unpaired) electrons. The zero-order valence-electron chi connectivity index (χ0n) is 14.0. The fourth-order valence-electron chi connectivity index (χ4n) is 2.91. The first-order valence-corrected chi connectivity index (χ1v) is 8.13. The Hall–Kier alpha value is -3.21. The summed E-state index contributed by atoms with van der Waals surface area (Å²) in [6.45, 7) is 3.80. The summed E-state index contributed by atoms with van der Waals surface area (Å²) in [4.78, 5) is 16.7. The van der Waals surface area contributed by atoms with E-state index >= 15 is 0 Å². The maximum Gasteiger partial charge on any atom is 0.257 e. The molecule has 124 valence electrons. The van der Waals surface area contributed by atoms with Crippen molar-refractivity contribution in [3.8, 4) is 0 Å². The highest BCUT2D eigenvalue weighted by Crippen LogP contribution is 2.21. The first kappa shape index (κ1) is 15.3. The summed E-state index contributed by atoms with van der Waals surface area (Å²) in [5, 5.41) is 9.98. The van der Waals surface area contributed by atoms with Crippen LogP contribution in [0.4, 0.5) is 0 Å². The van der Waals surface area contributed by atoms with Crippen LogP contribution in [0.3, 0.4) is 0 Å². The van der Waals surface area contributed by atoms with Crippen LogP contribution in [-0.4, -0.2) is 16.0 Å². The Morgan fingerprint density at radius 3 is 2.76 bits per heavy atom. The van der Waals surface area contributed by atoms with Gasteiger partial charge in [-0.1, -0.05) is 41.6 Å². The molecule has 1 N–H and O–H groups in total. The molecule has 5 heteroatoms. The number of aryl methyl sites for hydroxylation is 1. The molecule has 2 heterocycles. The highest BCUT2D eigenvalue weighted by atomic mass is 16.5. The fourth-order valence-corrected chi connectivity index (χ4v) is 2.91. The van der Waals surface area contributed by atoms with E-state index in [1.807, 2.05) is 32.0 Å². The lowest BCUT2D eigenvalue weighted by Gasteiger charge is -2.15. The molecule has 0 aliphatic carbocycles. The van der Waals surface area contributed by atoms with Gasteiger partial charge in [0.25, 0.3) is 11.6 Å². The number of hydrogen-bond acceptors (Lipinski definition) is 4. The summed E-state index contributed by atoms with van der Waals surface area (Å²) in [7, 11) is 0. The monoisotopic (exact) mass is 331 g/mol. The van der Waals surface area contributed by atoms with Gasteiger partial charge in [0.2, 0.25) is 0 Å². The number of aromatic nitrogens is 2. The molecule has 0 fully saturated rings. The number of nitrogens with one attached hydrogen (secondary N) is 1. The third-order valence-electron chi connectivity index (χ3n) is 4.39. The SMILES string of the molecule is Cc1noc2ncc(C(=O)N[C@H](C)c3ccc4ccccc4c3)cc12. The lowest BCUT2D eigenvalue weighted by Crippen LogP contribution is -2.26. The molecule has 4 rings (SSSR count). The van der Waals surface area contributed by atoms with E-state index in [4.69, 9.17) is 4.52 Å². The predicted octanol–water partition coefficient (Wildman–Crippen LogP) is 4.18. The van der Waals surface area contributed by atoms with Crippen LogP contribution in [0.25, 0.3) is 21.9 Å². The second kappa shape index (κ2) is 6.02. The van der Waals surface area contributed by atoms with Gasteiger partial charge >= 0.3 is 0 Å². The molecular formula is C20H17N3O2. The van der Waals surface area contributed by atoms with Crippen LogP contribution >= 0.6 is 0 Å². The number of benzene rings is 2. The number of nitrogens with zero attached hydrogens (tertiary/aromatic N) is 2. The van der Waals surface area contributed by atoms with Crippen LogP contribution in [0.15, 0.2) is 59.3 Å². The molecule has 2 aromatic carbocycles. The van der Waals surface area contributed by atoms with E-state index in [2.05, 4.69) is 39.7 Å². The summed E-state index contributed by atoms with van der Waals surface area (Å²) in [6.07, 6.45) is 1.51. The normalized spacial score (nSPS) is 12.4. The molecule has 25 heavy (non-hydrogen) atoms. The van der Waals surface area contributed by atoms with Crippen molar-refractivity contribution in [1.29, 1.82) is 0 Å². The Labute approximate surface area is 144 Å². The molecule has 0 aliphatic heterocycles. The Morgan fingerprint density at radius 2 is 1.92 bits per heavy atom. The fraction of sp³-hybridized carbons (Fsp3) is 0.150. The number of rotatable bonds is 3. The summed E-state index contributed by atoms with van der Waals surface area (Å²) in [6, 6.07) is 16.0. The Kier molecular flexibility index (Phi) is 3.69. The number of carbonyl (C=O) groups excluding carboxylic acids is 1. The Balaban J connectivity index is 1.58. The number of fused-ring (bicyclic) bond motifs is 2. The van der Waals surface area contributed by atoms with Crippen LogP contribution in [0.5, 0.6) is 0 Å². The van der Waals surface area contributed by atoms with E-state index in [0.29, 0.717) is 11.3 Å². The zero-order chi connectivity index (χ0) is 17.4. The van der Waals surface area contributed by atoms with E-state index in [0.717, 1.165) is 22.0 Å². The van der Waals surface area contributed by atoms with Crippen molar-refractivity contribution in [2.24, 2.45) is 0 Å². The smallest absolute Gasteiger partial charge is 0.257 e.